The van der Waals surface area contributed by atoms with Crippen molar-refractivity contribution >= 4 is 60.8 Å². The molecule has 58 heavy (non-hydrogen) atoms. The molecule has 2 heterocycles. The van der Waals surface area contributed by atoms with Gasteiger partial charge in [0, 0.05) is 44.3 Å². The van der Waals surface area contributed by atoms with Gasteiger partial charge in [-0.15, -0.1) is 0 Å². The first-order chi connectivity index (χ1) is 28.7. The van der Waals surface area contributed by atoms with Crippen LogP contribution < -0.4 is 4.90 Å². The highest BCUT2D eigenvalue weighted by molar-refractivity contribution is 6.12. The summed E-state index contributed by atoms with van der Waals surface area (Å²) >= 11 is 0. The number of hydrogen-bond acceptors (Lipinski definition) is 2. The van der Waals surface area contributed by atoms with E-state index in [2.05, 4.69) is 163 Å². The molecule has 11 aromatic rings. The van der Waals surface area contributed by atoms with Gasteiger partial charge in [0.2, 0.25) is 0 Å². The molecule has 9 aromatic carbocycles. The lowest BCUT2D eigenvalue weighted by Crippen LogP contribution is -2.09. The van der Waals surface area contributed by atoms with Crippen molar-refractivity contribution < 1.29 is 8.81 Å². The molecule has 0 aliphatic carbocycles. The van der Waals surface area contributed by atoms with E-state index in [9.17, 15) is 0 Å². The van der Waals surface area contributed by atoms with E-state index >= 15 is 4.39 Å². The van der Waals surface area contributed by atoms with Gasteiger partial charge in [-0.1, -0.05) is 140 Å². The number of nitrogens with zero attached hydrogens (tertiary/aromatic N) is 2. The summed E-state index contributed by atoms with van der Waals surface area (Å²) in [4.78, 5) is 2.30. The Balaban J connectivity index is 0.983. The van der Waals surface area contributed by atoms with Crippen LogP contribution in [0.5, 0.6) is 0 Å². The van der Waals surface area contributed by atoms with Gasteiger partial charge in [-0.2, -0.15) is 0 Å². The highest BCUT2D eigenvalue weighted by atomic mass is 19.1. The minimum atomic E-state index is -0.236. The lowest BCUT2D eigenvalue weighted by molar-refractivity contribution is 0.635. The molecule has 274 valence electrons. The van der Waals surface area contributed by atoms with E-state index in [1.165, 1.54) is 17.2 Å². The third-order valence-electron chi connectivity index (χ3n) is 11.3. The molecule has 0 aliphatic rings. The molecule has 0 aliphatic heterocycles. The highest BCUT2D eigenvalue weighted by Gasteiger charge is 2.18. The van der Waals surface area contributed by atoms with Crippen molar-refractivity contribution in [3.63, 3.8) is 0 Å². The fraction of sp³-hybridized carbons (Fsp3) is 0. The molecule has 0 radical (unpaired) electrons. The maximum atomic E-state index is 15.5. The highest BCUT2D eigenvalue weighted by Crippen LogP contribution is 2.41. The second-order valence-electron chi connectivity index (χ2n) is 14.7. The largest absolute Gasteiger partial charge is 0.456 e. The van der Waals surface area contributed by atoms with E-state index in [4.69, 9.17) is 4.42 Å². The van der Waals surface area contributed by atoms with Gasteiger partial charge in [-0.3, -0.25) is 0 Å². The number of aromatic nitrogens is 1. The first-order valence-electron chi connectivity index (χ1n) is 19.5. The zero-order chi connectivity index (χ0) is 38.6. The Kier molecular flexibility index (Phi) is 8.00. The van der Waals surface area contributed by atoms with Crippen LogP contribution >= 0.6 is 0 Å². The maximum absolute atomic E-state index is 15.5. The molecule has 0 atom stereocenters. The van der Waals surface area contributed by atoms with Gasteiger partial charge in [0.25, 0.3) is 0 Å². The summed E-state index contributed by atoms with van der Waals surface area (Å²) in [7, 11) is 0. The third kappa shape index (κ3) is 5.65. The second kappa shape index (κ2) is 13.8. The quantitative estimate of drug-likeness (QED) is 0.162. The summed E-state index contributed by atoms with van der Waals surface area (Å²) in [6, 6.07) is 73.1. The second-order valence-corrected chi connectivity index (χ2v) is 14.7. The number of anilines is 3. The first-order valence-corrected chi connectivity index (χ1v) is 19.5. The lowest BCUT2D eigenvalue weighted by atomic mass is 9.99. The fourth-order valence-corrected chi connectivity index (χ4v) is 8.56. The Morgan fingerprint density at radius 1 is 0.397 bits per heavy atom. The summed E-state index contributed by atoms with van der Waals surface area (Å²) in [5.41, 5.74) is 14.1. The molecule has 0 saturated heterocycles. The molecule has 0 amide bonds. The maximum Gasteiger partial charge on any atom is 0.147 e. The normalized spacial score (nSPS) is 11.5. The SMILES string of the molecule is Fc1cccc2c3ccccc3n(-c3cccc(-c4ccc(N(c5ccc(-c6ccccc6)cc5)c5ccc(-c6cccc7oc8ccccc8c67)cc5)cc4)c3)c12. The Morgan fingerprint density at radius 2 is 0.931 bits per heavy atom. The Labute approximate surface area is 335 Å². The van der Waals surface area contributed by atoms with Gasteiger partial charge in [-0.25, -0.2) is 4.39 Å². The summed E-state index contributed by atoms with van der Waals surface area (Å²) in [6.07, 6.45) is 0. The van der Waals surface area contributed by atoms with Crippen LogP contribution in [0.3, 0.4) is 0 Å². The summed E-state index contributed by atoms with van der Waals surface area (Å²) in [5.74, 6) is -0.236. The van der Waals surface area contributed by atoms with Gasteiger partial charge in [-0.05, 0) is 106 Å². The molecular weight excluding hydrogens is 712 g/mol. The zero-order valence-corrected chi connectivity index (χ0v) is 31.4. The van der Waals surface area contributed by atoms with Crippen LogP contribution in [0.25, 0.3) is 82.8 Å². The van der Waals surface area contributed by atoms with E-state index in [1.807, 2.05) is 47.0 Å². The molecule has 2 aromatic heterocycles. The average Bonchev–Trinajstić information content (AvgIpc) is 3.85. The Morgan fingerprint density at radius 3 is 1.67 bits per heavy atom. The van der Waals surface area contributed by atoms with Crippen molar-refractivity contribution in [3.05, 3.63) is 218 Å². The molecule has 11 rings (SSSR count). The standard InChI is InChI=1S/C54H35FN2O/c55-49-19-9-18-47-46-15-4-6-20-50(46)57(54(47)49)44-14-8-13-40(35-44)38-25-31-42(32-26-38)56(41-29-23-37(24-30-41)36-11-2-1-3-12-36)43-33-27-39(28-34-43)45-17-10-22-52-53(45)48-16-5-7-21-51(48)58-52/h1-35H. The van der Waals surface area contributed by atoms with Crippen molar-refractivity contribution in [1.29, 1.82) is 0 Å². The van der Waals surface area contributed by atoms with E-state index < -0.39 is 0 Å². The van der Waals surface area contributed by atoms with E-state index in [-0.39, 0.29) is 5.82 Å². The smallest absolute Gasteiger partial charge is 0.147 e. The molecule has 4 heteroatoms. The molecule has 0 bridgehead atoms. The molecule has 0 spiro atoms. The number of fused-ring (bicyclic) bond motifs is 6. The van der Waals surface area contributed by atoms with E-state index in [1.54, 1.807) is 6.07 Å². The van der Waals surface area contributed by atoms with Crippen LogP contribution in [0.1, 0.15) is 0 Å². The van der Waals surface area contributed by atoms with E-state index in [0.29, 0.717) is 5.52 Å². The van der Waals surface area contributed by atoms with Gasteiger partial charge >= 0.3 is 0 Å². The van der Waals surface area contributed by atoms with Crippen molar-refractivity contribution in [1.82, 2.24) is 4.57 Å². The van der Waals surface area contributed by atoms with Crippen LogP contribution in [0.4, 0.5) is 21.5 Å². The van der Waals surface area contributed by atoms with Crippen LogP contribution in [0.2, 0.25) is 0 Å². The summed E-state index contributed by atoms with van der Waals surface area (Å²) < 4.78 is 23.7. The van der Waals surface area contributed by atoms with Crippen molar-refractivity contribution in [2.75, 3.05) is 4.90 Å². The summed E-state index contributed by atoms with van der Waals surface area (Å²) in [6.45, 7) is 0. The van der Waals surface area contributed by atoms with Crippen LogP contribution in [-0.4, -0.2) is 4.57 Å². The van der Waals surface area contributed by atoms with Crippen molar-refractivity contribution in [2.24, 2.45) is 0 Å². The molecule has 0 saturated carbocycles. The fourth-order valence-electron chi connectivity index (χ4n) is 8.56. The topological polar surface area (TPSA) is 21.3 Å². The van der Waals surface area contributed by atoms with Gasteiger partial charge in [0.1, 0.15) is 17.0 Å². The number of rotatable bonds is 7. The van der Waals surface area contributed by atoms with Gasteiger partial charge in [0.05, 0.1) is 11.0 Å². The van der Waals surface area contributed by atoms with Gasteiger partial charge < -0.3 is 13.9 Å². The minimum absolute atomic E-state index is 0.236. The number of halogens is 1. The zero-order valence-electron chi connectivity index (χ0n) is 31.4. The number of hydrogen-bond donors (Lipinski definition) is 0. The van der Waals surface area contributed by atoms with E-state index in [0.717, 1.165) is 83.2 Å². The van der Waals surface area contributed by atoms with Crippen LogP contribution in [0.15, 0.2) is 217 Å². The Hall–Kier alpha value is -7.69. The Bertz CT molecular complexity index is 3270. The lowest BCUT2D eigenvalue weighted by Gasteiger charge is -2.26. The monoisotopic (exact) mass is 746 g/mol. The predicted octanol–water partition coefficient (Wildman–Crippen LogP) is 15.3. The summed E-state index contributed by atoms with van der Waals surface area (Å²) in [5, 5.41) is 4.18. The molecule has 3 nitrogen and oxygen atoms in total. The van der Waals surface area contributed by atoms with Crippen molar-refractivity contribution in [3.8, 4) is 39.1 Å². The van der Waals surface area contributed by atoms with Crippen LogP contribution in [-0.2, 0) is 0 Å². The molecule has 0 N–H and O–H groups in total. The molecule has 0 fully saturated rings. The first kappa shape index (κ1) is 33.6. The average molecular weight is 747 g/mol. The molecule has 0 unspecified atom stereocenters. The molecular formula is C54H35FN2O. The number of benzene rings is 9. The van der Waals surface area contributed by atoms with Gasteiger partial charge in [0.15, 0.2) is 0 Å². The third-order valence-corrected chi connectivity index (χ3v) is 11.3. The van der Waals surface area contributed by atoms with Crippen LogP contribution in [0, 0.1) is 5.82 Å². The predicted molar refractivity (Wildman–Crippen MR) is 239 cm³/mol. The van der Waals surface area contributed by atoms with Crippen molar-refractivity contribution in [2.45, 2.75) is 0 Å². The number of para-hydroxylation sites is 3. The minimum Gasteiger partial charge on any atom is -0.456 e. The number of furan rings is 1.